The Morgan fingerprint density at radius 1 is 1.18 bits per heavy atom. The summed E-state index contributed by atoms with van der Waals surface area (Å²) in [5.41, 5.74) is 0. The molecule has 1 N–H and O–H groups in total. The van der Waals surface area contributed by atoms with Crippen LogP contribution in [-0.4, -0.2) is 36.5 Å². The summed E-state index contributed by atoms with van der Waals surface area (Å²) in [4.78, 5) is 14.0. The molecule has 1 aliphatic heterocycles. The third-order valence-electron chi connectivity index (χ3n) is 3.45. The van der Waals surface area contributed by atoms with Crippen LogP contribution in [-0.2, 0) is 4.79 Å². The van der Waals surface area contributed by atoms with Gasteiger partial charge in [0.15, 0.2) is 0 Å². The van der Waals surface area contributed by atoms with Crippen molar-refractivity contribution in [3.8, 4) is 0 Å². The van der Waals surface area contributed by atoms with Crippen LogP contribution in [0.5, 0.6) is 0 Å². The molecule has 1 fully saturated rings. The average Bonchev–Trinajstić information content (AvgIpc) is 2.80. The maximum atomic E-state index is 12.0. The van der Waals surface area contributed by atoms with Crippen LogP contribution in [0.15, 0.2) is 0 Å². The number of likely N-dealkylation sites (tertiary alicyclic amines) is 1. The van der Waals surface area contributed by atoms with E-state index in [1.165, 1.54) is 32.1 Å². The number of hydrogen-bond acceptors (Lipinski definition) is 2. The number of hydrogen-bond donors (Lipinski definition) is 1. The molecule has 0 radical (unpaired) electrons. The number of carbonyl (C=O) groups excluding carboxylic acids is 1. The lowest BCUT2D eigenvalue weighted by atomic mass is 10.1. The van der Waals surface area contributed by atoms with Crippen LogP contribution in [0.2, 0.25) is 0 Å². The second-order valence-corrected chi connectivity index (χ2v) is 5.60. The molecule has 1 aliphatic rings. The first kappa shape index (κ1) is 14.5. The molecule has 0 aromatic rings. The molecule has 0 aromatic heterocycles. The Labute approximate surface area is 106 Å². The molecule has 0 aromatic carbocycles. The van der Waals surface area contributed by atoms with E-state index in [-0.39, 0.29) is 11.9 Å². The van der Waals surface area contributed by atoms with Crippen LogP contribution in [0, 0.1) is 5.92 Å². The minimum Gasteiger partial charge on any atom is -0.341 e. The summed E-state index contributed by atoms with van der Waals surface area (Å²) in [5.74, 6) is 1.07. The zero-order chi connectivity index (χ0) is 12.7. The van der Waals surface area contributed by atoms with Crippen LogP contribution < -0.4 is 5.32 Å². The van der Waals surface area contributed by atoms with Gasteiger partial charge >= 0.3 is 0 Å². The lowest BCUT2D eigenvalue weighted by Crippen LogP contribution is -2.43. The second-order valence-electron chi connectivity index (χ2n) is 5.60. The fourth-order valence-electron chi connectivity index (χ4n) is 2.29. The van der Waals surface area contributed by atoms with Crippen LogP contribution in [0.1, 0.15) is 52.9 Å². The van der Waals surface area contributed by atoms with Gasteiger partial charge in [-0.3, -0.25) is 4.79 Å². The van der Waals surface area contributed by atoms with E-state index in [0.717, 1.165) is 25.6 Å². The molecular weight excluding hydrogens is 212 g/mol. The molecule has 17 heavy (non-hydrogen) atoms. The van der Waals surface area contributed by atoms with E-state index in [1.807, 2.05) is 11.8 Å². The smallest absolute Gasteiger partial charge is 0.239 e. The number of rotatable bonds is 7. The third kappa shape index (κ3) is 5.53. The molecule has 3 nitrogen and oxygen atoms in total. The monoisotopic (exact) mass is 240 g/mol. The molecule has 0 spiro atoms. The summed E-state index contributed by atoms with van der Waals surface area (Å²) in [5, 5.41) is 3.34. The van der Waals surface area contributed by atoms with Crippen molar-refractivity contribution < 1.29 is 4.79 Å². The first-order valence-corrected chi connectivity index (χ1v) is 7.13. The van der Waals surface area contributed by atoms with Gasteiger partial charge in [0, 0.05) is 13.1 Å². The summed E-state index contributed by atoms with van der Waals surface area (Å²) in [7, 11) is 0. The van der Waals surface area contributed by atoms with Crippen LogP contribution in [0.25, 0.3) is 0 Å². The van der Waals surface area contributed by atoms with Crippen LogP contribution in [0.4, 0.5) is 0 Å². The highest BCUT2D eigenvalue weighted by Crippen LogP contribution is 2.09. The van der Waals surface area contributed by atoms with Crippen molar-refractivity contribution >= 4 is 5.91 Å². The van der Waals surface area contributed by atoms with Crippen LogP contribution >= 0.6 is 0 Å². The van der Waals surface area contributed by atoms with Gasteiger partial charge in [0.1, 0.15) is 0 Å². The van der Waals surface area contributed by atoms with Crippen molar-refractivity contribution in [1.29, 1.82) is 0 Å². The number of amides is 1. The number of carbonyl (C=O) groups is 1. The predicted molar refractivity (Wildman–Crippen MR) is 72.0 cm³/mol. The van der Waals surface area contributed by atoms with Gasteiger partial charge in [-0.1, -0.05) is 26.7 Å². The zero-order valence-electron chi connectivity index (χ0n) is 11.7. The standard InChI is InChI=1S/C14H28N2O/c1-12(2)8-4-5-9-15-13(3)14(17)16-10-6-7-11-16/h12-13,15H,4-11H2,1-3H3. The number of nitrogens with one attached hydrogen (secondary N) is 1. The topological polar surface area (TPSA) is 32.3 Å². The van der Waals surface area contributed by atoms with Gasteiger partial charge < -0.3 is 10.2 Å². The molecule has 1 unspecified atom stereocenters. The van der Waals surface area contributed by atoms with E-state index in [2.05, 4.69) is 19.2 Å². The van der Waals surface area contributed by atoms with Crippen molar-refractivity contribution in [3.63, 3.8) is 0 Å². The SMILES string of the molecule is CC(C)CCCCNC(C)C(=O)N1CCCC1. The molecule has 1 atom stereocenters. The van der Waals surface area contributed by atoms with Crippen molar-refractivity contribution in [2.45, 2.75) is 58.9 Å². The maximum Gasteiger partial charge on any atom is 0.239 e. The Bertz CT molecular complexity index is 222. The Hall–Kier alpha value is -0.570. The summed E-state index contributed by atoms with van der Waals surface area (Å²) in [6.45, 7) is 9.38. The fraction of sp³-hybridized carbons (Fsp3) is 0.929. The Kier molecular flexibility index (Phi) is 6.56. The normalized spacial score (nSPS) is 17.8. The molecule has 1 heterocycles. The van der Waals surface area contributed by atoms with Crippen molar-refractivity contribution in [2.24, 2.45) is 5.92 Å². The van der Waals surface area contributed by atoms with E-state index in [4.69, 9.17) is 0 Å². The van der Waals surface area contributed by atoms with Gasteiger partial charge in [-0.15, -0.1) is 0 Å². The van der Waals surface area contributed by atoms with E-state index in [9.17, 15) is 4.79 Å². The Morgan fingerprint density at radius 3 is 2.41 bits per heavy atom. The van der Waals surface area contributed by atoms with E-state index in [0.29, 0.717) is 0 Å². The van der Waals surface area contributed by atoms with E-state index < -0.39 is 0 Å². The minimum atomic E-state index is -0.00727. The van der Waals surface area contributed by atoms with Gasteiger partial charge in [0.05, 0.1) is 6.04 Å². The summed E-state index contributed by atoms with van der Waals surface area (Å²) >= 11 is 0. The fourth-order valence-corrected chi connectivity index (χ4v) is 2.29. The minimum absolute atomic E-state index is 0.00727. The van der Waals surface area contributed by atoms with Gasteiger partial charge in [0.2, 0.25) is 5.91 Å². The molecule has 1 amide bonds. The molecule has 1 saturated heterocycles. The van der Waals surface area contributed by atoms with Gasteiger partial charge in [-0.2, -0.15) is 0 Å². The third-order valence-corrected chi connectivity index (χ3v) is 3.45. The molecular formula is C14H28N2O. The Morgan fingerprint density at radius 2 is 1.82 bits per heavy atom. The highest BCUT2D eigenvalue weighted by Gasteiger charge is 2.22. The van der Waals surface area contributed by atoms with Gasteiger partial charge in [-0.05, 0) is 38.6 Å². The number of unbranched alkanes of at least 4 members (excludes halogenated alkanes) is 1. The Balaban J connectivity index is 2.07. The molecule has 1 rings (SSSR count). The summed E-state index contributed by atoms with van der Waals surface area (Å²) in [6.07, 6.45) is 6.07. The molecule has 0 bridgehead atoms. The van der Waals surface area contributed by atoms with Crippen molar-refractivity contribution in [1.82, 2.24) is 10.2 Å². The molecule has 0 saturated carbocycles. The van der Waals surface area contributed by atoms with E-state index in [1.54, 1.807) is 0 Å². The first-order valence-electron chi connectivity index (χ1n) is 7.13. The first-order chi connectivity index (χ1) is 8.11. The summed E-state index contributed by atoms with van der Waals surface area (Å²) < 4.78 is 0. The molecule has 0 aliphatic carbocycles. The van der Waals surface area contributed by atoms with Crippen molar-refractivity contribution in [3.05, 3.63) is 0 Å². The van der Waals surface area contributed by atoms with Gasteiger partial charge in [0.25, 0.3) is 0 Å². The zero-order valence-corrected chi connectivity index (χ0v) is 11.7. The average molecular weight is 240 g/mol. The van der Waals surface area contributed by atoms with Gasteiger partial charge in [-0.25, -0.2) is 0 Å². The lowest BCUT2D eigenvalue weighted by molar-refractivity contribution is -0.131. The second kappa shape index (κ2) is 7.70. The molecule has 3 heteroatoms. The predicted octanol–water partition coefficient (Wildman–Crippen LogP) is 2.41. The maximum absolute atomic E-state index is 12.0. The van der Waals surface area contributed by atoms with Crippen LogP contribution in [0.3, 0.4) is 0 Å². The molecule has 100 valence electrons. The number of nitrogens with zero attached hydrogens (tertiary/aromatic N) is 1. The largest absolute Gasteiger partial charge is 0.341 e. The van der Waals surface area contributed by atoms with Crippen molar-refractivity contribution in [2.75, 3.05) is 19.6 Å². The summed E-state index contributed by atoms with van der Waals surface area (Å²) in [6, 6.07) is -0.00727. The highest BCUT2D eigenvalue weighted by atomic mass is 16.2. The quantitative estimate of drug-likeness (QED) is 0.693. The highest BCUT2D eigenvalue weighted by molar-refractivity contribution is 5.81. The van der Waals surface area contributed by atoms with E-state index >= 15 is 0 Å². The lowest BCUT2D eigenvalue weighted by Gasteiger charge is -2.21.